The van der Waals surface area contributed by atoms with Gasteiger partial charge in [-0.15, -0.1) is 0 Å². The van der Waals surface area contributed by atoms with Crippen LogP contribution in [-0.4, -0.2) is 29.5 Å². The van der Waals surface area contributed by atoms with Crippen LogP contribution in [0.15, 0.2) is 54.7 Å². The SMILES string of the molecule is CC(/C=C/N1CCC[C@H]1C)Oc1ccccc1/C=C1/C(=O)Nc2ccc(F)cc21. The van der Waals surface area contributed by atoms with Gasteiger partial charge in [-0.25, -0.2) is 4.39 Å². The van der Waals surface area contributed by atoms with Crippen LogP contribution in [0.5, 0.6) is 5.75 Å². The van der Waals surface area contributed by atoms with Gasteiger partial charge in [-0.1, -0.05) is 18.2 Å². The first-order chi connectivity index (χ1) is 14.0. The van der Waals surface area contributed by atoms with Crippen LogP contribution in [0.2, 0.25) is 0 Å². The van der Waals surface area contributed by atoms with E-state index in [-0.39, 0.29) is 17.8 Å². The summed E-state index contributed by atoms with van der Waals surface area (Å²) < 4.78 is 19.8. The van der Waals surface area contributed by atoms with Gasteiger partial charge in [-0.3, -0.25) is 4.79 Å². The highest BCUT2D eigenvalue weighted by Gasteiger charge is 2.25. The van der Waals surface area contributed by atoms with Gasteiger partial charge in [-0.2, -0.15) is 0 Å². The minimum atomic E-state index is -0.370. The van der Waals surface area contributed by atoms with Crippen molar-refractivity contribution >= 4 is 23.2 Å². The van der Waals surface area contributed by atoms with Crippen molar-refractivity contribution < 1.29 is 13.9 Å². The number of hydrogen-bond donors (Lipinski definition) is 1. The maximum Gasteiger partial charge on any atom is 0.256 e. The van der Waals surface area contributed by atoms with E-state index in [0.29, 0.717) is 28.6 Å². The number of likely N-dealkylation sites (tertiary alicyclic amines) is 1. The summed E-state index contributed by atoms with van der Waals surface area (Å²) in [5.41, 5.74) is 2.41. The van der Waals surface area contributed by atoms with Gasteiger partial charge < -0.3 is 15.0 Å². The fraction of sp³-hybridized carbons (Fsp3) is 0.292. The number of para-hydroxylation sites is 1. The summed E-state index contributed by atoms with van der Waals surface area (Å²) >= 11 is 0. The number of carbonyl (C=O) groups excluding carboxylic acids is 1. The summed E-state index contributed by atoms with van der Waals surface area (Å²) in [7, 11) is 0. The molecule has 4 rings (SSSR count). The zero-order valence-electron chi connectivity index (χ0n) is 16.7. The van der Waals surface area contributed by atoms with Gasteiger partial charge >= 0.3 is 0 Å². The molecule has 0 spiro atoms. The second-order valence-corrected chi connectivity index (χ2v) is 7.63. The Bertz CT molecular complexity index is 983. The van der Waals surface area contributed by atoms with E-state index < -0.39 is 0 Å². The van der Waals surface area contributed by atoms with E-state index in [2.05, 4.69) is 29.4 Å². The predicted octanol–water partition coefficient (Wildman–Crippen LogP) is 5.08. The average molecular weight is 392 g/mol. The second-order valence-electron chi connectivity index (χ2n) is 7.63. The molecule has 1 saturated heterocycles. The molecule has 0 radical (unpaired) electrons. The highest BCUT2D eigenvalue weighted by Crippen LogP contribution is 2.35. The smallest absolute Gasteiger partial charge is 0.256 e. The summed E-state index contributed by atoms with van der Waals surface area (Å²) in [5.74, 6) is 0.0752. The average Bonchev–Trinajstić information content (AvgIpc) is 3.24. The minimum Gasteiger partial charge on any atom is -0.486 e. The molecule has 150 valence electrons. The Hall–Kier alpha value is -3.08. The highest BCUT2D eigenvalue weighted by atomic mass is 19.1. The lowest BCUT2D eigenvalue weighted by molar-refractivity contribution is -0.110. The number of hydrogen-bond acceptors (Lipinski definition) is 3. The van der Waals surface area contributed by atoms with Crippen molar-refractivity contribution in [2.45, 2.75) is 38.8 Å². The number of benzene rings is 2. The van der Waals surface area contributed by atoms with E-state index in [1.54, 1.807) is 12.1 Å². The maximum absolute atomic E-state index is 13.7. The van der Waals surface area contributed by atoms with Crippen molar-refractivity contribution in [3.05, 3.63) is 71.7 Å². The Balaban J connectivity index is 1.56. The molecule has 0 aromatic heterocycles. The third-order valence-electron chi connectivity index (χ3n) is 5.45. The van der Waals surface area contributed by atoms with E-state index >= 15 is 0 Å². The Morgan fingerprint density at radius 2 is 2.10 bits per heavy atom. The Morgan fingerprint density at radius 3 is 2.90 bits per heavy atom. The molecule has 2 atom stereocenters. The van der Waals surface area contributed by atoms with Crippen LogP contribution < -0.4 is 10.1 Å². The van der Waals surface area contributed by atoms with E-state index in [1.165, 1.54) is 25.0 Å². The first-order valence-corrected chi connectivity index (χ1v) is 10.0. The van der Waals surface area contributed by atoms with E-state index in [1.807, 2.05) is 31.2 Å². The van der Waals surface area contributed by atoms with Crippen molar-refractivity contribution in [2.75, 3.05) is 11.9 Å². The first-order valence-electron chi connectivity index (χ1n) is 10.0. The quantitative estimate of drug-likeness (QED) is 0.721. The molecule has 4 nitrogen and oxygen atoms in total. The van der Waals surface area contributed by atoms with Crippen LogP contribution in [0.3, 0.4) is 0 Å². The molecule has 5 heteroatoms. The number of rotatable bonds is 5. The van der Waals surface area contributed by atoms with Crippen LogP contribution >= 0.6 is 0 Å². The maximum atomic E-state index is 13.7. The monoisotopic (exact) mass is 392 g/mol. The lowest BCUT2D eigenvalue weighted by Crippen LogP contribution is -2.21. The van der Waals surface area contributed by atoms with Crippen LogP contribution in [0.25, 0.3) is 11.6 Å². The molecule has 2 aliphatic heterocycles. The van der Waals surface area contributed by atoms with Crippen molar-refractivity contribution in [1.82, 2.24) is 4.90 Å². The topological polar surface area (TPSA) is 41.6 Å². The van der Waals surface area contributed by atoms with Gasteiger partial charge in [-0.05, 0) is 69.3 Å². The standard InChI is InChI=1S/C24H25FN2O2/c1-16-6-5-12-27(16)13-11-17(2)29-23-8-4-3-7-18(23)14-21-20-15-19(25)9-10-22(20)26-24(21)28/h3-4,7-11,13-17H,5-6,12H2,1-2H3,(H,26,28)/b13-11+,21-14+/t16-,17?/m1/s1. The lowest BCUT2D eigenvalue weighted by atomic mass is 10.0. The zero-order chi connectivity index (χ0) is 20.4. The van der Waals surface area contributed by atoms with Crippen molar-refractivity contribution in [2.24, 2.45) is 0 Å². The molecule has 2 aromatic carbocycles. The Kier molecular flexibility index (Phi) is 5.38. The number of carbonyl (C=O) groups is 1. The third kappa shape index (κ3) is 4.19. The van der Waals surface area contributed by atoms with Gasteiger partial charge in [0.15, 0.2) is 0 Å². The molecule has 2 aliphatic rings. The molecule has 1 N–H and O–H groups in total. The number of nitrogens with one attached hydrogen (secondary N) is 1. The Labute approximate surface area is 170 Å². The number of fused-ring (bicyclic) bond motifs is 1. The summed E-state index contributed by atoms with van der Waals surface area (Å²) in [4.78, 5) is 14.7. The highest BCUT2D eigenvalue weighted by molar-refractivity contribution is 6.35. The van der Waals surface area contributed by atoms with Gasteiger partial charge in [0, 0.05) is 35.0 Å². The predicted molar refractivity (Wildman–Crippen MR) is 114 cm³/mol. The van der Waals surface area contributed by atoms with Crippen molar-refractivity contribution in [3.63, 3.8) is 0 Å². The second kappa shape index (κ2) is 8.11. The summed E-state index contributed by atoms with van der Waals surface area (Å²) in [6.07, 6.45) is 8.26. The fourth-order valence-corrected chi connectivity index (χ4v) is 3.81. The molecule has 29 heavy (non-hydrogen) atoms. The number of anilines is 1. The molecule has 0 bridgehead atoms. The summed E-state index contributed by atoms with van der Waals surface area (Å²) in [5, 5.41) is 2.78. The molecule has 2 heterocycles. The van der Waals surface area contributed by atoms with Crippen LogP contribution in [-0.2, 0) is 4.79 Å². The molecule has 1 unspecified atom stereocenters. The molecule has 2 aromatic rings. The zero-order valence-corrected chi connectivity index (χ0v) is 16.7. The van der Waals surface area contributed by atoms with Gasteiger partial charge in [0.25, 0.3) is 5.91 Å². The normalized spacial score (nSPS) is 20.9. The van der Waals surface area contributed by atoms with E-state index in [4.69, 9.17) is 4.74 Å². The van der Waals surface area contributed by atoms with Crippen molar-refractivity contribution in [1.29, 1.82) is 0 Å². The summed E-state index contributed by atoms with van der Waals surface area (Å²) in [6.45, 7) is 5.31. The van der Waals surface area contributed by atoms with Gasteiger partial charge in [0.1, 0.15) is 17.7 Å². The van der Waals surface area contributed by atoms with Gasteiger partial charge in [0.2, 0.25) is 0 Å². The lowest BCUT2D eigenvalue weighted by Gasteiger charge is -2.20. The van der Waals surface area contributed by atoms with Crippen molar-refractivity contribution in [3.8, 4) is 5.75 Å². The van der Waals surface area contributed by atoms with E-state index in [9.17, 15) is 9.18 Å². The van der Waals surface area contributed by atoms with Crippen LogP contribution in [0.4, 0.5) is 10.1 Å². The molecule has 1 amide bonds. The number of halogens is 1. The van der Waals surface area contributed by atoms with E-state index in [0.717, 1.165) is 12.1 Å². The number of ether oxygens (including phenoxy) is 1. The van der Waals surface area contributed by atoms with Crippen LogP contribution in [0, 0.1) is 5.82 Å². The molecule has 0 saturated carbocycles. The van der Waals surface area contributed by atoms with Gasteiger partial charge in [0.05, 0.1) is 0 Å². The third-order valence-corrected chi connectivity index (χ3v) is 5.45. The first kappa shape index (κ1) is 19.2. The number of nitrogens with zero attached hydrogens (tertiary/aromatic N) is 1. The molecular weight excluding hydrogens is 367 g/mol. The number of amides is 1. The largest absolute Gasteiger partial charge is 0.486 e. The molecule has 1 fully saturated rings. The molecule has 0 aliphatic carbocycles. The van der Waals surface area contributed by atoms with Crippen LogP contribution in [0.1, 0.15) is 37.8 Å². The molecular formula is C24H25FN2O2. The fourth-order valence-electron chi connectivity index (χ4n) is 3.81. The summed E-state index contributed by atoms with van der Waals surface area (Å²) in [6, 6.07) is 12.4. The Morgan fingerprint density at radius 1 is 1.28 bits per heavy atom. The minimum absolute atomic E-state index is 0.121.